The van der Waals surface area contributed by atoms with Gasteiger partial charge in [-0.1, -0.05) is 23.7 Å². The first kappa shape index (κ1) is 17.2. The highest BCUT2D eigenvalue weighted by atomic mass is 35.5. The summed E-state index contributed by atoms with van der Waals surface area (Å²) in [7, 11) is 4.02. The quantitative estimate of drug-likeness (QED) is 0.818. The number of carbonyl (C=O) groups excluding carboxylic acids is 1. The summed E-state index contributed by atoms with van der Waals surface area (Å²) in [6.45, 7) is 2.13. The molecule has 0 aliphatic carbocycles. The minimum Gasteiger partial charge on any atom is -0.369 e. The fourth-order valence-electron chi connectivity index (χ4n) is 1.96. The monoisotopic (exact) mass is 332 g/mol. The molecule has 1 aromatic carbocycles. The Morgan fingerprint density at radius 3 is 2.65 bits per heavy atom. The van der Waals surface area contributed by atoms with Crippen molar-refractivity contribution in [3.8, 4) is 0 Å². The third-order valence-electron chi connectivity index (χ3n) is 3.25. The average molecular weight is 333 g/mol. The van der Waals surface area contributed by atoms with Crippen molar-refractivity contribution in [1.29, 1.82) is 0 Å². The Hall–Kier alpha value is -2.11. The van der Waals surface area contributed by atoms with Crippen molar-refractivity contribution in [2.45, 2.75) is 6.54 Å². The van der Waals surface area contributed by atoms with Gasteiger partial charge in [0.25, 0.3) is 5.91 Å². The van der Waals surface area contributed by atoms with E-state index in [-0.39, 0.29) is 5.91 Å². The fraction of sp³-hybridized carbons (Fsp3) is 0.294. The molecule has 6 heteroatoms. The molecule has 5 nitrogen and oxygen atoms in total. The molecule has 0 saturated heterocycles. The number of halogens is 1. The summed E-state index contributed by atoms with van der Waals surface area (Å²) in [5.41, 5.74) is 1.59. The molecule has 2 N–H and O–H groups in total. The van der Waals surface area contributed by atoms with E-state index >= 15 is 0 Å². The maximum atomic E-state index is 12.2. The molecule has 0 bridgehead atoms. The maximum Gasteiger partial charge on any atom is 0.251 e. The molecular weight excluding hydrogens is 312 g/mol. The van der Waals surface area contributed by atoms with Crippen molar-refractivity contribution < 1.29 is 4.79 Å². The van der Waals surface area contributed by atoms with Crippen molar-refractivity contribution in [3.05, 3.63) is 58.7 Å². The largest absolute Gasteiger partial charge is 0.369 e. The highest BCUT2D eigenvalue weighted by Gasteiger charge is 2.07. The van der Waals surface area contributed by atoms with Gasteiger partial charge >= 0.3 is 0 Å². The molecule has 1 aromatic heterocycles. The molecule has 0 aliphatic rings. The molecule has 0 unspecified atom stereocenters. The minimum absolute atomic E-state index is 0.127. The predicted octanol–water partition coefficient (Wildman–Crippen LogP) is 2.64. The lowest BCUT2D eigenvalue weighted by Gasteiger charge is -2.11. The van der Waals surface area contributed by atoms with E-state index in [9.17, 15) is 4.79 Å². The van der Waals surface area contributed by atoms with Crippen LogP contribution in [-0.2, 0) is 6.54 Å². The first-order valence-electron chi connectivity index (χ1n) is 7.42. The Labute approximate surface area is 141 Å². The van der Waals surface area contributed by atoms with E-state index in [0.29, 0.717) is 22.9 Å². The van der Waals surface area contributed by atoms with Crippen LogP contribution in [0.5, 0.6) is 0 Å². The molecule has 0 fully saturated rings. The van der Waals surface area contributed by atoms with E-state index in [0.717, 1.165) is 18.7 Å². The van der Waals surface area contributed by atoms with Crippen LogP contribution in [0.1, 0.15) is 15.9 Å². The Bertz CT molecular complexity index is 643. The molecule has 122 valence electrons. The van der Waals surface area contributed by atoms with E-state index in [1.165, 1.54) is 0 Å². The van der Waals surface area contributed by atoms with Crippen LogP contribution in [-0.4, -0.2) is 43.0 Å². The lowest BCUT2D eigenvalue weighted by molar-refractivity contribution is 0.0951. The summed E-state index contributed by atoms with van der Waals surface area (Å²) in [6, 6.07) is 10.9. The van der Waals surface area contributed by atoms with Crippen molar-refractivity contribution in [2.75, 3.05) is 32.5 Å². The SMILES string of the molecule is CN(C)CCNc1cc(C(=O)NCc2ccc(Cl)cc2)ccn1. The number of anilines is 1. The molecule has 0 aliphatic heterocycles. The van der Waals surface area contributed by atoms with Gasteiger partial charge in [0.2, 0.25) is 0 Å². The van der Waals surface area contributed by atoms with Crippen molar-refractivity contribution in [2.24, 2.45) is 0 Å². The first-order chi connectivity index (χ1) is 11.0. The number of amides is 1. The number of likely N-dealkylation sites (N-methyl/N-ethyl adjacent to an activating group) is 1. The third kappa shape index (κ3) is 5.88. The van der Waals surface area contributed by atoms with Crippen molar-refractivity contribution >= 4 is 23.3 Å². The number of carbonyl (C=O) groups is 1. The molecule has 0 radical (unpaired) electrons. The summed E-state index contributed by atoms with van der Waals surface area (Å²) in [5, 5.41) is 6.78. The van der Waals surface area contributed by atoms with Crippen molar-refractivity contribution in [1.82, 2.24) is 15.2 Å². The fourth-order valence-corrected chi connectivity index (χ4v) is 2.09. The molecule has 1 amide bonds. The lowest BCUT2D eigenvalue weighted by atomic mass is 10.2. The zero-order valence-corrected chi connectivity index (χ0v) is 14.1. The topological polar surface area (TPSA) is 57.3 Å². The zero-order valence-electron chi connectivity index (χ0n) is 13.3. The van der Waals surface area contributed by atoms with Crippen LogP contribution < -0.4 is 10.6 Å². The summed E-state index contributed by atoms with van der Waals surface area (Å²) in [6.07, 6.45) is 1.63. The predicted molar refractivity (Wildman–Crippen MR) is 93.9 cm³/mol. The number of nitrogens with zero attached hydrogens (tertiary/aromatic N) is 2. The van der Waals surface area contributed by atoms with Crippen LogP contribution in [0.4, 0.5) is 5.82 Å². The highest BCUT2D eigenvalue weighted by molar-refractivity contribution is 6.30. The number of pyridine rings is 1. The number of benzene rings is 1. The normalized spacial score (nSPS) is 10.6. The summed E-state index contributed by atoms with van der Waals surface area (Å²) in [5.74, 6) is 0.573. The molecule has 2 rings (SSSR count). The summed E-state index contributed by atoms with van der Waals surface area (Å²) < 4.78 is 0. The van der Waals surface area contributed by atoms with E-state index in [4.69, 9.17) is 11.6 Å². The molecule has 0 spiro atoms. The number of rotatable bonds is 7. The standard InChI is InChI=1S/C17H21ClN4O/c1-22(2)10-9-20-16-11-14(7-8-19-16)17(23)21-12-13-3-5-15(18)6-4-13/h3-8,11H,9-10,12H2,1-2H3,(H,19,20)(H,21,23). The number of nitrogens with one attached hydrogen (secondary N) is 2. The van der Waals surface area contributed by atoms with Crippen LogP contribution >= 0.6 is 11.6 Å². The van der Waals surface area contributed by atoms with E-state index in [2.05, 4.69) is 20.5 Å². The number of hydrogen-bond acceptors (Lipinski definition) is 4. The second-order valence-corrected chi connectivity index (χ2v) is 5.91. The Kier molecular flexibility index (Phi) is 6.38. The van der Waals surface area contributed by atoms with Gasteiger partial charge in [0.15, 0.2) is 0 Å². The smallest absolute Gasteiger partial charge is 0.251 e. The van der Waals surface area contributed by atoms with Gasteiger partial charge in [-0.25, -0.2) is 4.98 Å². The van der Waals surface area contributed by atoms with Crippen LogP contribution in [0, 0.1) is 0 Å². The molecular formula is C17H21ClN4O. The van der Waals surface area contributed by atoms with Crippen LogP contribution in [0.3, 0.4) is 0 Å². The van der Waals surface area contributed by atoms with Gasteiger partial charge in [0, 0.05) is 36.4 Å². The van der Waals surface area contributed by atoms with Crippen LogP contribution in [0.2, 0.25) is 5.02 Å². The van der Waals surface area contributed by atoms with Crippen LogP contribution in [0.25, 0.3) is 0 Å². The van der Waals surface area contributed by atoms with Crippen molar-refractivity contribution in [3.63, 3.8) is 0 Å². The number of hydrogen-bond donors (Lipinski definition) is 2. The second-order valence-electron chi connectivity index (χ2n) is 5.47. The average Bonchev–Trinajstić information content (AvgIpc) is 2.54. The van der Waals surface area contributed by atoms with E-state index < -0.39 is 0 Å². The van der Waals surface area contributed by atoms with Gasteiger partial charge in [-0.05, 0) is 43.9 Å². The van der Waals surface area contributed by atoms with Crippen LogP contribution in [0.15, 0.2) is 42.6 Å². The minimum atomic E-state index is -0.127. The second kappa shape index (κ2) is 8.50. The maximum absolute atomic E-state index is 12.2. The Morgan fingerprint density at radius 1 is 1.22 bits per heavy atom. The zero-order chi connectivity index (χ0) is 16.7. The molecule has 0 atom stereocenters. The Morgan fingerprint density at radius 2 is 1.96 bits per heavy atom. The molecule has 2 aromatic rings. The van der Waals surface area contributed by atoms with Gasteiger partial charge in [-0.15, -0.1) is 0 Å². The van der Waals surface area contributed by atoms with Gasteiger partial charge in [-0.3, -0.25) is 4.79 Å². The van der Waals surface area contributed by atoms with Gasteiger partial charge in [0.05, 0.1) is 0 Å². The van der Waals surface area contributed by atoms with E-state index in [1.807, 2.05) is 38.4 Å². The highest BCUT2D eigenvalue weighted by Crippen LogP contribution is 2.10. The number of aromatic nitrogens is 1. The Balaban J connectivity index is 1.90. The van der Waals surface area contributed by atoms with Gasteiger partial charge in [0.1, 0.15) is 5.82 Å². The lowest BCUT2D eigenvalue weighted by Crippen LogP contribution is -2.23. The molecule has 1 heterocycles. The van der Waals surface area contributed by atoms with Gasteiger partial charge in [-0.2, -0.15) is 0 Å². The van der Waals surface area contributed by atoms with Gasteiger partial charge < -0.3 is 15.5 Å². The van der Waals surface area contributed by atoms with E-state index in [1.54, 1.807) is 18.3 Å². The summed E-state index contributed by atoms with van der Waals surface area (Å²) in [4.78, 5) is 18.5. The third-order valence-corrected chi connectivity index (χ3v) is 3.51. The summed E-state index contributed by atoms with van der Waals surface area (Å²) >= 11 is 5.84. The first-order valence-corrected chi connectivity index (χ1v) is 7.79. The molecule has 23 heavy (non-hydrogen) atoms. The molecule has 0 saturated carbocycles.